The minimum atomic E-state index is -0.471. The van der Waals surface area contributed by atoms with Crippen molar-refractivity contribution in [2.75, 3.05) is 0 Å². The van der Waals surface area contributed by atoms with Crippen LogP contribution in [0, 0.1) is 10.1 Å². The minimum Gasteiger partial charge on any atom is -0.258 e. The number of nitro benzene ring substituents is 1. The molecular formula is C14H8ClN3O2. The number of hydrogen-bond donors (Lipinski definition) is 0. The highest BCUT2D eigenvalue weighted by Crippen LogP contribution is 2.27. The lowest BCUT2D eigenvalue weighted by atomic mass is 10.2. The van der Waals surface area contributed by atoms with E-state index in [1.807, 2.05) is 30.3 Å². The van der Waals surface area contributed by atoms with Gasteiger partial charge < -0.3 is 0 Å². The molecule has 0 amide bonds. The predicted octanol–water partition coefficient (Wildman–Crippen LogP) is 3.86. The van der Waals surface area contributed by atoms with E-state index in [-0.39, 0.29) is 10.8 Å². The Labute approximate surface area is 119 Å². The molecule has 5 nitrogen and oxygen atoms in total. The Morgan fingerprint density at radius 3 is 2.50 bits per heavy atom. The van der Waals surface area contributed by atoms with Crippen LogP contribution in [0.5, 0.6) is 0 Å². The summed E-state index contributed by atoms with van der Waals surface area (Å²) in [6.07, 6.45) is 0. The molecule has 0 aliphatic carbocycles. The number of halogens is 1. The van der Waals surface area contributed by atoms with Gasteiger partial charge in [-0.2, -0.15) is 0 Å². The van der Waals surface area contributed by atoms with Gasteiger partial charge in [-0.05, 0) is 6.07 Å². The molecule has 20 heavy (non-hydrogen) atoms. The zero-order chi connectivity index (χ0) is 14.1. The first-order valence-electron chi connectivity index (χ1n) is 5.82. The van der Waals surface area contributed by atoms with Crippen molar-refractivity contribution >= 4 is 28.2 Å². The molecule has 0 bridgehead atoms. The van der Waals surface area contributed by atoms with Crippen molar-refractivity contribution in [1.29, 1.82) is 0 Å². The van der Waals surface area contributed by atoms with E-state index in [0.29, 0.717) is 16.7 Å². The molecule has 0 saturated carbocycles. The highest BCUT2D eigenvalue weighted by atomic mass is 35.5. The van der Waals surface area contributed by atoms with Crippen molar-refractivity contribution < 1.29 is 4.92 Å². The molecule has 0 spiro atoms. The summed E-state index contributed by atoms with van der Waals surface area (Å²) in [5.74, 6) is 0.497. The van der Waals surface area contributed by atoms with Gasteiger partial charge in [0, 0.05) is 23.1 Å². The van der Waals surface area contributed by atoms with Crippen LogP contribution in [0.4, 0.5) is 5.69 Å². The summed E-state index contributed by atoms with van der Waals surface area (Å²) in [5.41, 5.74) is 1.39. The van der Waals surface area contributed by atoms with Crippen molar-refractivity contribution in [1.82, 2.24) is 9.97 Å². The zero-order valence-electron chi connectivity index (χ0n) is 10.2. The van der Waals surface area contributed by atoms with Crippen LogP contribution in [0.3, 0.4) is 0 Å². The lowest BCUT2D eigenvalue weighted by Gasteiger charge is -2.04. The zero-order valence-corrected chi connectivity index (χ0v) is 10.9. The van der Waals surface area contributed by atoms with Crippen LogP contribution in [0.2, 0.25) is 5.15 Å². The second kappa shape index (κ2) is 4.86. The van der Waals surface area contributed by atoms with Crippen LogP contribution in [-0.2, 0) is 0 Å². The third-order valence-electron chi connectivity index (χ3n) is 2.88. The third kappa shape index (κ3) is 2.19. The van der Waals surface area contributed by atoms with Crippen LogP contribution in [0.25, 0.3) is 22.3 Å². The SMILES string of the molecule is O=[N+]([O-])c1ccc2nc(-c3ccccc3)nc(Cl)c2c1. The van der Waals surface area contributed by atoms with Gasteiger partial charge in [0.15, 0.2) is 5.82 Å². The Hall–Kier alpha value is -2.53. The van der Waals surface area contributed by atoms with Gasteiger partial charge in [0.05, 0.1) is 10.4 Å². The molecule has 0 atom stereocenters. The molecule has 6 heteroatoms. The van der Waals surface area contributed by atoms with Crippen LogP contribution in [-0.4, -0.2) is 14.9 Å². The molecule has 0 unspecified atom stereocenters. The first-order chi connectivity index (χ1) is 9.65. The number of fused-ring (bicyclic) bond motifs is 1. The maximum atomic E-state index is 10.8. The van der Waals surface area contributed by atoms with E-state index in [4.69, 9.17) is 11.6 Å². The van der Waals surface area contributed by atoms with Gasteiger partial charge >= 0.3 is 0 Å². The molecule has 0 saturated heterocycles. The summed E-state index contributed by atoms with van der Waals surface area (Å²) in [6, 6.07) is 13.8. The number of non-ortho nitro benzene ring substituents is 1. The Morgan fingerprint density at radius 1 is 1.05 bits per heavy atom. The maximum absolute atomic E-state index is 10.8. The Morgan fingerprint density at radius 2 is 1.80 bits per heavy atom. The molecule has 1 heterocycles. The van der Waals surface area contributed by atoms with Gasteiger partial charge in [0.25, 0.3) is 5.69 Å². The number of aromatic nitrogens is 2. The Bertz CT molecular complexity index is 806. The summed E-state index contributed by atoms with van der Waals surface area (Å²) >= 11 is 6.12. The van der Waals surface area contributed by atoms with E-state index in [0.717, 1.165) is 5.56 Å². The maximum Gasteiger partial charge on any atom is 0.270 e. The van der Waals surface area contributed by atoms with Crippen molar-refractivity contribution in [2.45, 2.75) is 0 Å². The summed E-state index contributed by atoms with van der Waals surface area (Å²) in [4.78, 5) is 18.9. The molecule has 0 aliphatic heterocycles. The molecule has 0 fully saturated rings. The van der Waals surface area contributed by atoms with Crippen molar-refractivity contribution in [3.8, 4) is 11.4 Å². The first-order valence-corrected chi connectivity index (χ1v) is 6.20. The van der Waals surface area contributed by atoms with Gasteiger partial charge in [-0.15, -0.1) is 0 Å². The fourth-order valence-corrected chi connectivity index (χ4v) is 2.14. The number of nitro groups is 1. The quantitative estimate of drug-likeness (QED) is 0.407. The van der Waals surface area contributed by atoms with E-state index in [1.165, 1.54) is 12.1 Å². The largest absolute Gasteiger partial charge is 0.270 e. The fraction of sp³-hybridized carbons (Fsp3) is 0. The number of hydrogen-bond acceptors (Lipinski definition) is 4. The molecule has 3 aromatic rings. The second-order valence-corrected chi connectivity index (χ2v) is 4.52. The molecular weight excluding hydrogens is 278 g/mol. The van der Waals surface area contributed by atoms with E-state index < -0.39 is 4.92 Å². The molecule has 98 valence electrons. The number of benzene rings is 2. The molecule has 0 aliphatic rings. The average Bonchev–Trinajstić information content (AvgIpc) is 2.47. The highest BCUT2D eigenvalue weighted by Gasteiger charge is 2.12. The molecule has 3 rings (SSSR count). The van der Waals surface area contributed by atoms with Crippen LogP contribution in [0.1, 0.15) is 0 Å². The highest BCUT2D eigenvalue weighted by molar-refractivity contribution is 6.34. The summed E-state index contributed by atoms with van der Waals surface area (Å²) in [7, 11) is 0. The van der Waals surface area contributed by atoms with Gasteiger partial charge in [-0.1, -0.05) is 41.9 Å². The summed E-state index contributed by atoms with van der Waals surface area (Å²) in [5, 5.41) is 11.4. The number of nitrogens with zero attached hydrogens (tertiary/aromatic N) is 3. The average molecular weight is 286 g/mol. The topological polar surface area (TPSA) is 68.9 Å². The predicted molar refractivity (Wildman–Crippen MR) is 76.6 cm³/mol. The van der Waals surface area contributed by atoms with E-state index in [2.05, 4.69) is 9.97 Å². The normalized spacial score (nSPS) is 10.7. The van der Waals surface area contributed by atoms with Crippen LogP contribution >= 0.6 is 11.6 Å². The van der Waals surface area contributed by atoms with Gasteiger partial charge in [0.1, 0.15) is 5.15 Å². The van der Waals surface area contributed by atoms with Crippen molar-refractivity contribution in [3.05, 3.63) is 63.8 Å². The van der Waals surface area contributed by atoms with Gasteiger partial charge in [-0.3, -0.25) is 10.1 Å². The molecule has 2 aromatic carbocycles. The van der Waals surface area contributed by atoms with E-state index in [1.54, 1.807) is 6.07 Å². The molecule has 0 radical (unpaired) electrons. The second-order valence-electron chi connectivity index (χ2n) is 4.16. The lowest BCUT2D eigenvalue weighted by Crippen LogP contribution is -1.93. The minimum absolute atomic E-state index is 0.0320. The summed E-state index contributed by atoms with van der Waals surface area (Å²) in [6.45, 7) is 0. The van der Waals surface area contributed by atoms with E-state index >= 15 is 0 Å². The van der Waals surface area contributed by atoms with Gasteiger partial charge in [-0.25, -0.2) is 9.97 Å². The Kier molecular flexibility index (Phi) is 3.04. The van der Waals surface area contributed by atoms with Crippen molar-refractivity contribution in [2.24, 2.45) is 0 Å². The monoisotopic (exact) mass is 285 g/mol. The van der Waals surface area contributed by atoms with Crippen LogP contribution in [0.15, 0.2) is 48.5 Å². The first kappa shape index (κ1) is 12.5. The van der Waals surface area contributed by atoms with Crippen LogP contribution < -0.4 is 0 Å². The molecule has 0 N–H and O–H groups in total. The standard InChI is InChI=1S/C14H8ClN3O2/c15-13-11-8-10(18(19)20)6-7-12(11)16-14(17-13)9-4-2-1-3-5-9/h1-8H. The summed E-state index contributed by atoms with van der Waals surface area (Å²) < 4.78 is 0. The Balaban J connectivity index is 2.21. The molecule has 1 aromatic heterocycles. The van der Waals surface area contributed by atoms with Gasteiger partial charge in [0.2, 0.25) is 0 Å². The lowest BCUT2D eigenvalue weighted by molar-refractivity contribution is -0.384. The fourth-order valence-electron chi connectivity index (χ4n) is 1.91. The van der Waals surface area contributed by atoms with E-state index in [9.17, 15) is 10.1 Å². The number of rotatable bonds is 2. The van der Waals surface area contributed by atoms with Crippen molar-refractivity contribution in [3.63, 3.8) is 0 Å². The smallest absolute Gasteiger partial charge is 0.258 e. The third-order valence-corrected chi connectivity index (χ3v) is 3.16.